The Hall–Kier alpha value is -1.14. The molecule has 0 aliphatic carbocycles. The number of methoxy groups -OCH3 is 1. The molecule has 19 heavy (non-hydrogen) atoms. The Morgan fingerprint density at radius 3 is 2.53 bits per heavy atom. The van der Waals surface area contributed by atoms with Crippen molar-refractivity contribution in [1.29, 1.82) is 0 Å². The van der Waals surface area contributed by atoms with Crippen molar-refractivity contribution in [2.24, 2.45) is 5.92 Å². The third-order valence-corrected chi connectivity index (χ3v) is 2.76. The molecule has 1 fully saturated rings. The molecule has 0 saturated carbocycles. The molecule has 1 aromatic rings. The Labute approximate surface area is 113 Å². The maximum atomic E-state index is 5.48. The van der Waals surface area contributed by atoms with Crippen molar-refractivity contribution in [2.75, 3.05) is 40.5 Å². The average molecular weight is 268 g/mol. The summed E-state index contributed by atoms with van der Waals surface area (Å²) in [5.74, 6) is 1.32. The van der Waals surface area contributed by atoms with Crippen molar-refractivity contribution in [1.82, 2.24) is 0 Å². The molecule has 5 nitrogen and oxygen atoms in total. The molecule has 1 saturated heterocycles. The van der Waals surface area contributed by atoms with Gasteiger partial charge in [-0.2, -0.15) is 0 Å². The van der Waals surface area contributed by atoms with Crippen molar-refractivity contribution < 1.29 is 23.7 Å². The summed E-state index contributed by atoms with van der Waals surface area (Å²) in [5, 5.41) is 0. The lowest BCUT2D eigenvalue weighted by Crippen LogP contribution is -2.32. The van der Waals surface area contributed by atoms with E-state index in [1.807, 2.05) is 24.3 Å². The Morgan fingerprint density at radius 2 is 1.89 bits per heavy atom. The second kappa shape index (κ2) is 8.12. The van der Waals surface area contributed by atoms with E-state index < -0.39 is 0 Å². The fraction of sp³-hybridized carbons (Fsp3) is 0.571. The summed E-state index contributed by atoms with van der Waals surface area (Å²) in [6, 6.07) is 7.73. The summed E-state index contributed by atoms with van der Waals surface area (Å²) < 4.78 is 26.0. The molecule has 0 bridgehead atoms. The van der Waals surface area contributed by atoms with E-state index in [0.717, 1.165) is 24.5 Å². The van der Waals surface area contributed by atoms with Crippen LogP contribution in [0.15, 0.2) is 24.3 Å². The largest absolute Gasteiger partial charge is 0.468 e. The molecular formula is C14H20O5. The smallest absolute Gasteiger partial charge is 0.189 e. The minimum absolute atomic E-state index is 0.274. The maximum absolute atomic E-state index is 5.48. The molecule has 1 aliphatic rings. The van der Waals surface area contributed by atoms with Gasteiger partial charge in [-0.05, 0) is 17.7 Å². The second-order valence-electron chi connectivity index (χ2n) is 4.44. The van der Waals surface area contributed by atoms with Gasteiger partial charge in [0.1, 0.15) is 12.5 Å². The fourth-order valence-electron chi connectivity index (χ4n) is 1.63. The fourth-order valence-corrected chi connectivity index (χ4v) is 1.63. The molecule has 0 N–H and O–H groups in total. The highest BCUT2D eigenvalue weighted by molar-refractivity contribution is 5.26. The summed E-state index contributed by atoms with van der Waals surface area (Å²) in [5.41, 5.74) is 1.08. The third-order valence-electron chi connectivity index (χ3n) is 2.76. The topological polar surface area (TPSA) is 46.2 Å². The molecule has 1 aliphatic heterocycles. The number of rotatable bonds is 9. The van der Waals surface area contributed by atoms with Crippen molar-refractivity contribution in [2.45, 2.75) is 6.61 Å². The summed E-state index contributed by atoms with van der Waals surface area (Å²) in [7, 11) is 1.60. The lowest BCUT2D eigenvalue weighted by Gasteiger charge is -2.25. The minimum Gasteiger partial charge on any atom is -0.468 e. The average Bonchev–Trinajstić information content (AvgIpc) is 2.38. The highest BCUT2D eigenvalue weighted by Gasteiger charge is 2.17. The van der Waals surface area contributed by atoms with Crippen LogP contribution < -0.4 is 4.74 Å². The van der Waals surface area contributed by atoms with Gasteiger partial charge < -0.3 is 23.7 Å². The van der Waals surface area contributed by atoms with E-state index in [1.54, 1.807) is 7.11 Å². The zero-order chi connectivity index (χ0) is 13.3. The van der Waals surface area contributed by atoms with Crippen LogP contribution in [0.25, 0.3) is 0 Å². The SMILES string of the molecule is COCOCc1ccc(OCOCC2COC2)cc1. The van der Waals surface area contributed by atoms with Gasteiger partial charge in [-0.15, -0.1) is 0 Å². The van der Waals surface area contributed by atoms with Gasteiger partial charge in [0.15, 0.2) is 6.79 Å². The predicted molar refractivity (Wildman–Crippen MR) is 68.9 cm³/mol. The van der Waals surface area contributed by atoms with Crippen LogP contribution in [0, 0.1) is 5.92 Å². The van der Waals surface area contributed by atoms with Gasteiger partial charge in [0.05, 0.1) is 26.4 Å². The Morgan fingerprint density at radius 1 is 1.11 bits per heavy atom. The van der Waals surface area contributed by atoms with Gasteiger partial charge in [-0.3, -0.25) is 0 Å². The van der Waals surface area contributed by atoms with Gasteiger partial charge in [0.2, 0.25) is 0 Å². The lowest BCUT2D eigenvalue weighted by atomic mass is 10.1. The second-order valence-corrected chi connectivity index (χ2v) is 4.44. The molecule has 2 rings (SSSR count). The molecule has 0 amide bonds. The maximum Gasteiger partial charge on any atom is 0.189 e. The molecular weight excluding hydrogens is 248 g/mol. The van der Waals surface area contributed by atoms with E-state index in [0.29, 0.717) is 25.9 Å². The number of hydrogen-bond acceptors (Lipinski definition) is 5. The lowest BCUT2D eigenvalue weighted by molar-refractivity contribution is -0.0925. The van der Waals surface area contributed by atoms with Gasteiger partial charge >= 0.3 is 0 Å². The van der Waals surface area contributed by atoms with Crippen LogP contribution in [0.2, 0.25) is 0 Å². The Kier molecular flexibility index (Phi) is 6.10. The molecule has 1 aromatic carbocycles. The van der Waals surface area contributed by atoms with E-state index in [4.69, 9.17) is 23.7 Å². The molecule has 0 radical (unpaired) electrons. The van der Waals surface area contributed by atoms with Gasteiger partial charge in [-0.1, -0.05) is 12.1 Å². The standard InChI is InChI=1S/C14H20O5/c1-15-10-17-6-12-2-4-14(5-3-12)19-11-18-9-13-7-16-8-13/h2-5,13H,6-11H2,1H3. The van der Waals surface area contributed by atoms with Crippen LogP contribution in [0.1, 0.15) is 5.56 Å². The summed E-state index contributed by atoms with van der Waals surface area (Å²) in [6.45, 7) is 3.41. The summed E-state index contributed by atoms with van der Waals surface area (Å²) >= 11 is 0. The van der Waals surface area contributed by atoms with Crippen molar-refractivity contribution >= 4 is 0 Å². The van der Waals surface area contributed by atoms with Crippen molar-refractivity contribution in [3.8, 4) is 5.75 Å². The minimum atomic E-state index is 0.274. The first-order valence-corrected chi connectivity index (χ1v) is 6.32. The highest BCUT2D eigenvalue weighted by Crippen LogP contribution is 2.14. The zero-order valence-electron chi connectivity index (χ0n) is 11.2. The number of hydrogen-bond donors (Lipinski definition) is 0. The Bertz CT molecular complexity index is 347. The molecule has 0 atom stereocenters. The van der Waals surface area contributed by atoms with E-state index in [2.05, 4.69) is 0 Å². The third kappa shape index (κ3) is 5.16. The van der Waals surface area contributed by atoms with Crippen molar-refractivity contribution in [3.05, 3.63) is 29.8 Å². The first-order chi connectivity index (χ1) is 9.38. The monoisotopic (exact) mass is 268 g/mol. The quantitative estimate of drug-likeness (QED) is 0.505. The molecule has 0 unspecified atom stereocenters. The van der Waals surface area contributed by atoms with Crippen molar-refractivity contribution in [3.63, 3.8) is 0 Å². The Balaban J connectivity index is 1.60. The molecule has 5 heteroatoms. The molecule has 106 valence electrons. The zero-order valence-corrected chi connectivity index (χ0v) is 11.2. The van der Waals surface area contributed by atoms with Crippen LogP contribution in [0.3, 0.4) is 0 Å². The first kappa shape index (κ1) is 14.3. The van der Waals surface area contributed by atoms with Crippen LogP contribution in [-0.4, -0.2) is 40.5 Å². The summed E-state index contributed by atoms with van der Waals surface area (Å²) in [4.78, 5) is 0. The highest BCUT2D eigenvalue weighted by atomic mass is 16.7. The van der Waals surface area contributed by atoms with Gasteiger partial charge in [0.25, 0.3) is 0 Å². The van der Waals surface area contributed by atoms with Crippen LogP contribution in [0.4, 0.5) is 0 Å². The number of ether oxygens (including phenoxy) is 5. The van der Waals surface area contributed by atoms with Crippen LogP contribution in [-0.2, 0) is 25.6 Å². The van der Waals surface area contributed by atoms with E-state index in [9.17, 15) is 0 Å². The normalized spacial score (nSPS) is 15.2. The van der Waals surface area contributed by atoms with E-state index in [1.165, 1.54) is 0 Å². The molecule has 1 heterocycles. The van der Waals surface area contributed by atoms with Crippen LogP contribution in [0.5, 0.6) is 5.75 Å². The van der Waals surface area contributed by atoms with Gasteiger partial charge in [-0.25, -0.2) is 0 Å². The van der Waals surface area contributed by atoms with E-state index in [-0.39, 0.29) is 6.79 Å². The predicted octanol–water partition coefficient (Wildman–Crippen LogP) is 1.81. The first-order valence-electron chi connectivity index (χ1n) is 6.32. The molecule has 0 spiro atoms. The molecule has 0 aromatic heterocycles. The summed E-state index contributed by atoms with van der Waals surface area (Å²) in [6.07, 6.45) is 0. The number of benzene rings is 1. The van der Waals surface area contributed by atoms with E-state index >= 15 is 0 Å². The van der Waals surface area contributed by atoms with Crippen LogP contribution >= 0.6 is 0 Å². The van der Waals surface area contributed by atoms with Gasteiger partial charge in [0, 0.05) is 13.0 Å².